The van der Waals surface area contributed by atoms with E-state index < -0.39 is 92.1 Å². The second-order valence-corrected chi connectivity index (χ2v) is 65.7. The Hall–Kier alpha value is -0.0719. The summed E-state index contributed by atoms with van der Waals surface area (Å²) >= 11 is 0. The molecule has 0 N–H and O–H groups in total. The number of hydrogen-bond acceptors (Lipinski definition) is 4. The molecule has 61 heavy (non-hydrogen) atoms. The molecule has 4 rings (SSSR count). The molecule has 2 aromatic rings. The molecule has 2 aliphatic heterocycles. The van der Waals surface area contributed by atoms with E-state index in [1.165, 1.54) is 21.9 Å². The van der Waals surface area contributed by atoms with Crippen LogP contribution in [0, 0.1) is 20.8 Å². The first-order valence-electron chi connectivity index (χ1n) is 23.7. The molecule has 2 aliphatic rings. The fourth-order valence-corrected chi connectivity index (χ4v) is 58.1. The summed E-state index contributed by atoms with van der Waals surface area (Å²) in [6.45, 7) is 71.9. The zero-order chi connectivity index (χ0) is 47.7. The van der Waals surface area contributed by atoms with E-state index in [4.69, 9.17) is 18.6 Å². The van der Waals surface area contributed by atoms with Crippen LogP contribution in [-0.4, -0.2) is 92.1 Å². The van der Waals surface area contributed by atoms with Crippen molar-refractivity contribution in [2.45, 2.75) is 232 Å². The quantitative estimate of drug-likeness (QED) is 0.188. The minimum atomic E-state index is -3.61. The number of rotatable bonds is 13. The molecular formula is C48H94B2O4Si7. The van der Waals surface area contributed by atoms with Crippen LogP contribution in [0.5, 0.6) is 0 Å². The van der Waals surface area contributed by atoms with Crippen molar-refractivity contribution in [3.8, 4) is 0 Å². The fourth-order valence-electron chi connectivity index (χ4n) is 13.2. The highest BCUT2D eigenvalue weighted by Gasteiger charge is 2.74. The Morgan fingerprint density at radius 2 is 0.623 bits per heavy atom. The first-order valence-corrected chi connectivity index (χ1v) is 47.4. The molecule has 0 radical (unpaired) electrons. The van der Waals surface area contributed by atoms with Gasteiger partial charge in [-0.3, -0.25) is 0 Å². The second kappa shape index (κ2) is 16.3. The van der Waals surface area contributed by atoms with Crippen LogP contribution in [0.15, 0.2) is 24.3 Å². The molecule has 2 saturated heterocycles. The summed E-state index contributed by atoms with van der Waals surface area (Å²) < 4.78 is 31.1. The molecule has 4 nitrogen and oxygen atoms in total. The third kappa shape index (κ3) is 9.98. The molecule has 2 aromatic carbocycles. The van der Waals surface area contributed by atoms with Crippen LogP contribution in [0.3, 0.4) is 0 Å². The Kier molecular flexibility index (Phi) is 14.3. The lowest BCUT2D eigenvalue weighted by Gasteiger charge is -2.49. The van der Waals surface area contributed by atoms with Gasteiger partial charge in [0, 0.05) is 48.4 Å². The first kappa shape index (κ1) is 53.5. The first-order chi connectivity index (χ1) is 26.8. The summed E-state index contributed by atoms with van der Waals surface area (Å²) in [5.41, 5.74) is 6.59. The zero-order valence-corrected chi connectivity index (χ0v) is 52.3. The van der Waals surface area contributed by atoms with Gasteiger partial charge in [0.05, 0.1) is 22.4 Å². The minimum absolute atomic E-state index is 0.476. The Bertz CT molecular complexity index is 1770. The van der Waals surface area contributed by atoms with Gasteiger partial charge in [0.1, 0.15) is 0 Å². The van der Waals surface area contributed by atoms with E-state index in [1.807, 2.05) is 0 Å². The summed E-state index contributed by atoms with van der Waals surface area (Å²) in [5.74, 6) is 0. The normalized spacial score (nSPS) is 20.2. The summed E-state index contributed by atoms with van der Waals surface area (Å²) in [7, 11) is -14.8. The number of hydrogen-bond donors (Lipinski definition) is 0. The van der Waals surface area contributed by atoms with Crippen molar-refractivity contribution in [1.82, 2.24) is 0 Å². The molecular weight excluding hydrogens is 859 g/mol. The average Bonchev–Trinajstić information content (AvgIpc) is 3.30. The third-order valence-corrected chi connectivity index (χ3v) is 48.0. The smallest absolute Gasteiger partial charge is 0.406 e. The van der Waals surface area contributed by atoms with E-state index in [-0.39, 0.29) is 0 Å². The molecule has 2 fully saturated rings. The van der Waals surface area contributed by atoms with Crippen molar-refractivity contribution < 1.29 is 18.6 Å². The predicted octanol–water partition coefficient (Wildman–Crippen LogP) is 13.0. The van der Waals surface area contributed by atoms with Crippen LogP contribution in [-0.2, 0) is 18.6 Å². The molecule has 0 aromatic heterocycles. The highest BCUT2D eigenvalue weighted by atomic mass is 28.4. The molecule has 0 aliphatic carbocycles. The molecule has 0 atom stereocenters. The van der Waals surface area contributed by atoms with Gasteiger partial charge < -0.3 is 18.6 Å². The van der Waals surface area contributed by atoms with Gasteiger partial charge in [-0.25, -0.2) is 0 Å². The molecule has 344 valence electrons. The largest absolute Gasteiger partial charge is 0.443 e. The Morgan fingerprint density at radius 1 is 0.377 bits per heavy atom. The fraction of sp³-hybridized carbons (Fsp3) is 0.750. The number of benzene rings is 2. The lowest BCUT2D eigenvalue weighted by molar-refractivity contribution is 0.00578. The molecule has 0 amide bonds. The van der Waals surface area contributed by atoms with E-state index in [0.29, 0.717) is 15.5 Å². The number of aryl methyl sites for hydroxylation is 3. The molecule has 0 unspecified atom stereocenters. The SMILES string of the molecule is Cc1cc(C)c([Si](B2OC(C)(C)C(C)(C)O2)(B2OC(C)(C)C(C)(C)O2)c2c(C([Si](C)(C)C)[Si](C)(C)C)cc(C([Si](C)(C)C)[Si](C)(C)C)cc2C([Si](C)(C)C)[Si](C)(C)C)c(C)c1. The average molecular weight is 954 g/mol. The minimum Gasteiger partial charge on any atom is -0.406 e. The zero-order valence-electron chi connectivity index (χ0n) is 45.3. The maximum atomic E-state index is 7.76. The highest BCUT2D eigenvalue weighted by molar-refractivity contribution is 7.65. The van der Waals surface area contributed by atoms with Crippen LogP contribution in [0.1, 0.15) is 104 Å². The van der Waals surface area contributed by atoms with Crippen LogP contribution in [0.4, 0.5) is 0 Å². The maximum Gasteiger partial charge on any atom is 0.443 e. The van der Waals surface area contributed by atoms with Crippen LogP contribution in [0.2, 0.25) is 118 Å². The molecule has 0 bridgehead atoms. The Morgan fingerprint density at radius 3 is 0.852 bits per heavy atom. The summed E-state index contributed by atoms with van der Waals surface area (Å²) in [4.78, 5) is 0. The molecule has 0 spiro atoms. The molecule has 0 saturated carbocycles. The standard InChI is InChI=1S/C48H94B2O4Si7/c1-34-30-35(2)40(36(3)31-34)61(49-51-45(4,5)46(6,7)52-49,50-53-47(8,9)48(10,11)54-50)41-38(43(57(18,19)20)58(21,22)23)32-37(42(55(12,13)14)56(15,16)17)33-39(41)44(59(24,25)26)60(27,28)29/h30-33,42-44H,1-29H3. The predicted molar refractivity (Wildman–Crippen MR) is 293 cm³/mol. The van der Waals surface area contributed by atoms with Crippen molar-refractivity contribution in [3.63, 3.8) is 0 Å². The van der Waals surface area contributed by atoms with Gasteiger partial charge in [-0.05, 0) is 97.2 Å². The van der Waals surface area contributed by atoms with Crippen molar-refractivity contribution in [2.24, 2.45) is 0 Å². The van der Waals surface area contributed by atoms with Gasteiger partial charge in [0.25, 0.3) is 0 Å². The van der Waals surface area contributed by atoms with Gasteiger partial charge in [-0.15, -0.1) is 0 Å². The van der Waals surface area contributed by atoms with E-state index >= 15 is 0 Å². The summed E-state index contributed by atoms with van der Waals surface area (Å²) in [6.07, 6.45) is 0. The van der Waals surface area contributed by atoms with E-state index in [2.05, 4.69) is 218 Å². The topological polar surface area (TPSA) is 36.9 Å². The van der Waals surface area contributed by atoms with Gasteiger partial charge in [0.2, 0.25) is 7.81 Å². The van der Waals surface area contributed by atoms with Gasteiger partial charge in [-0.2, -0.15) is 0 Å². The Labute approximate surface area is 385 Å². The van der Waals surface area contributed by atoms with E-state index in [0.717, 1.165) is 0 Å². The van der Waals surface area contributed by atoms with Crippen molar-refractivity contribution >= 4 is 80.1 Å². The maximum absolute atomic E-state index is 7.76. The lowest BCUT2D eigenvalue weighted by atomic mass is 9.90. The highest BCUT2D eigenvalue weighted by Crippen LogP contribution is 2.50. The van der Waals surface area contributed by atoms with E-state index in [9.17, 15) is 0 Å². The van der Waals surface area contributed by atoms with E-state index in [1.54, 1.807) is 21.9 Å². The van der Waals surface area contributed by atoms with Crippen LogP contribution >= 0.6 is 0 Å². The molecule has 13 heteroatoms. The van der Waals surface area contributed by atoms with Crippen LogP contribution in [0.25, 0.3) is 0 Å². The van der Waals surface area contributed by atoms with Crippen LogP contribution < -0.4 is 10.4 Å². The van der Waals surface area contributed by atoms with Crippen molar-refractivity contribution in [1.29, 1.82) is 0 Å². The monoisotopic (exact) mass is 953 g/mol. The van der Waals surface area contributed by atoms with Crippen molar-refractivity contribution in [2.75, 3.05) is 0 Å². The van der Waals surface area contributed by atoms with Gasteiger partial charge in [-0.1, -0.05) is 180 Å². The lowest BCUT2D eigenvalue weighted by Crippen LogP contribution is -2.82. The second-order valence-electron chi connectivity index (χ2n) is 28.4. The Balaban J connectivity index is 2.65. The summed E-state index contributed by atoms with van der Waals surface area (Å²) in [5, 5.41) is 4.52. The van der Waals surface area contributed by atoms with Crippen molar-refractivity contribution in [3.05, 3.63) is 57.6 Å². The third-order valence-electron chi connectivity index (χ3n) is 15.1. The van der Waals surface area contributed by atoms with Gasteiger partial charge >= 0.3 is 13.4 Å². The molecule has 2 heterocycles. The van der Waals surface area contributed by atoms with Gasteiger partial charge in [0.15, 0.2) is 0 Å². The summed E-state index contributed by atoms with van der Waals surface area (Å²) in [6, 6.07) is 10.6.